The Hall–Kier alpha value is -4.41. The zero-order valence-corrected chi connectivity index (χ0v) is 24.9. The van der Waals surface area contributed by atoms with Gasteiger partial charge in [-0.25, -0.2) is 4.98 Å². The van der Waals surface area contributed by atoms with Crippen LogP contribution in [0, 0.1) is 0 Å². The molecule has 1 saturated heterocycles. The summed E-state index contributed by atoms with van der Waals surface area (Å²) in [5.41, 5.74) is 3.68. The molecule has 0 spiro atoms. The van der Waals surface area contributed by atoms with Crippen LogP contribution >= 0.6 is 11.8 Å². The molecule has 0 unspecified atom stereocenters. The molecule has 1 aliphatic heterocycles. The first-order valence-electron chi connectivity index (χ1n) is 14.4. The van der Waals surface area contributed by atoms with E-state index >= 15 is 0 Å². The molecule has 5 aromatic rings. The van der Waals surface area contributed by atoms with Crippen LogP contribution in [0.1, 0.15) is 46.2 Å². The van der Waals surface area contributed by atoms with Crippen LogP contribution in [0.15, 0.2) is 101 Å². The third-order valence-electron chi connectivity index (χ3n) is 7.52. The van der Waals surface area contributed by atoms with Crippen molar-refractivity contribution in [2.24, 2.45) is 0 Å². The number of hydrogen-bond acceptors (Lipinski definition) is 8. The molecule has 6 rings (SSSR count). The van der Waals surface area contributed by atoms with Crippen LogP contribution in [-0.2, 0) is 18.7 Å². The summed E-state index contributed by atoms with van der Waals surface area (Å²) in [7, 11) is 1.65. The second-order valence-electron chi connectivity index (χ2n) is 10.5. The smallest absolute Gasteiger partial charge is 0.273 e. The van der Waals surface area contributed by atoms with Crippen LogP contribution in [-0.4, -0.2) is 56.8 Å². The summed E-state index contributed by atoms with van der Waals surface area (Å²) < 4.78 is 13.1. The number of benzene rings is 3. The second kappa shape index (κ2) is 13.7. The van der Waals surface area contributed by atoms with Crippen LogP contribution < -0.4 is 10.1 Å². The Balaban J connectivity index is 1.07. The number of nitrogens with zero attached hydrogens (tertiary/aromatic N) is 5. The molecule has 1 fully saturated rings. The van der Waals surface area contributed by atoms with E-state index in [1.165, 1.54) is 23.6 Å². The average molecular weight is 595 g/mol. The quantitative estimate of drug-likeness (QED) is 0.199. The van der Waals surface area contributed by atoms with Crippen LogP contribution in [0.3, 0.4) is 0 Å². The topological polar surface area (TPSA) is 98.3 Å². The van der Waals surface area contributed by atoms with Gasteiger partial charge >= 0.3 is 0 Å². The Kier molecular flexibility index (Phi) is 9.15. The van der Waals surface area contributed by atoms with Crippen molar-refractivity contribution in [3.8, 4) is 11.4 Å². The van der Waals surface area contributed by atoms with Gasteiger partial charge in [0.2, 0.25) is 5.89 Å². The molecule has 1 amide bonds. The number of amides is 1. The predicted molar refractivity (Wildman–Crippen MR) is 165 cm³/mol. The van der Waals surface area contributed by atoms with Crippen molar-refractivity contribution < 1.29 is 13.9 Å². The van der Waals surface area contributed by atoms with Crippen LogP contribution in [0.25, 0.3) is 5.69 Å². The average Bonchev–Trinajstić information content (AvgIpc) is 3.69. The van der Waals surface area contributed by atoms with Crippen LogP contribution in [0.4, 0.5) is 0 Å². The molecule has 1 aliphatic rings. The Morgan fingerprint density at radius 1 is 0.953 bits per heavy atom. The van der Waals surface area contributed by atoms with Gasteiger partial charge in [-0.05, 0) is 48.2 Å². The van der Waals surface area contributed by atoms with Gasteiger partial charge in [0, 0.05) is 37.8 Å². The van der Waals surface area contributed by atoms with Crippen molar-refractivity contribution in [3.63, 3.8) is 0 Å². The van der Waals surface area contributed by atoms with Gasteiger partial charge in [-0.2, -0.15) is 0 Å². The minimum atomic E-state index is -0.201. The van der Waals surface area contributed by atoms with Crippen molar-refractivity contribution in [1.82, 2.24) is 30.0 Å². The van der Waals surface area contributed by atoms with E-state index in [0.717, 1.165) is 55.3 Å². The zero-order valence-electron chi connectivity index (χ0n) is 24.1. The van der Waals surface area contributed by atoms with E-state index in [1.807, 2.05) is 53.1 Å². The maximum Gasteiger partial charge on any atom is 0.273 e. The van der Waals surface area contributed by atoms with E-state index in [1.54, 1.807) is 7.11 Å². The molecule has 220 valence electrons. The summed E-state index contributed by atoms with van der Waals surface area (Å²) in [6.45, 7) is 2.83. The maximum absolute atomic E-state index is 13.0. The number of carbonyl (C=O) groups excluding carboxylic acids is 1. The Bertz CT molecular complexity index is 1610. The minimum absolute atomic E-state index is 0.125. The summed E-state index contributed by atoms with van der Waals surface area (Å²) in [6, 6.07) is 28.6. The zero-order chi connectivity index (χ0) is 29.4. The van der Waals surface area contributed by atoms with Crippen LogP contribution in [0.5, 0.6) is 5.75 Å². The van der Waals surface area contributed by atoms with Gasteiger partial charge in [0.25, 0.3) is 5.91 Å². The number of carbonyl (C=O) groups is 1. The highest BCUT2D eigenvalue weighted by Gasteiger charge is 2.23. The lowest BCUT2D eigenvalue weighted by molar-refractivity contribution is 0.0904. The lowest BCUT2D eigenvalue weighted by Gasteiger charge is -2.32. The predicted octanol–water partition coefficient (Wildman–Crippen LogP) is 5.54. The highest BCUT2D eigenvalue weighted by atomic mass is 32.2. The third kappa shape index (κ3) is 7.33. The number of hydrogen-bond donors (Lipinski definition) is 1. The number of aromatic nitrogens is 4. The van der Waals surface area contributed by atoms with Gasteiger partial charge < -0.3 is 14.5 Å². The summed E-state index contributed by atoms with van der Waals surface area (Å²) >= 11 is 1.46. The molecule has 3 aromatic carbocycles. The number of nitrogens with one attached hydrogen (secondary N) is 1. The van der Waals surface area contributed by atoms with E-state index in [-0.39, 0.29) is 11.9 Å². The lowest BCUT2D eigenvalue weighted by atomic mass is 10.0. The summed E-state index contributed by atoms with van der Waals surface area (Å²) in [4.78, 5) is 19.9. The molecule has 0 radical (unpaired) electrons. The van der Waals surface area contributed by atoms with E-state index in [0.29, 0.717) is 28.9 Å². The third-order valence-corrected chi connectivity index (χ3v) is 8.43. The van der Waals surface area contributed by atoms with Crippen molar-refractivity contribution in [2.45, 2.75) is 42.8 Å². The van der Waals surface area contributed by atoms with Gasteiger partial charge in [0.1, 0.15) is 17.8 Å². The number of rotatable bonds is 11. The summed E-state index contributed by atoms with van der Waals surface area (Å²) in [6.07, 6.45) is 3.89. The normalized spacial score (nSPS) is 14.1. The van der Waals surface area contributed by atoms with Gasteiger partial charge in [0.15, 0.2) is 10.9 Å². The van der Waals surface area contributed by atoms with Gasteiger partial charge in [-0.15, -0.1) is 10.2 Å². The SMILES string of the molecule is COc1ccc(-n2c(Cc3ccccc3)nnc2SCc2nc(C(=O)NC3CCN(Cc4ccccc4)CC3)co2)cc1. The molecule has 0 saturated carbocycles. The van der Waals surface area contributed by atoms with Crippen molar-refractivity contribution >= 4 is 17.7 Å². The Morgan fingerprint density at radius 2 is 1.65 bits per heavy atom. The van der Waals surface area contributed by atoms with E-state index < -0.39 is 0 Å². The molecule has 0 bridgehead atoms. The molecular formula is C33H34N6O3S. The van der Waals surface area contributed by atoms with E-state index in [2.05, 4.69) is 61.8 Å². The highest BCUT2D eigenvalue weighted by Crippen LogP contribution is 2.27. The van der Waals surface area contributed by atoms with Crippen molar-refractivity contribution in [2.75, 3.05) is 20.2 Å². The fourth-order valence-corrected chi connectivity index (χ4v) is 6.05. The summed E-state index contributed by atoms with van der Waals surface area (Å²) in [5, 5.41) is 12.9. The molecule has 0 atom stereocenters. The van der Waals surface area contributed by atoms with Gasteiger partial charge in [-0.1, -0.05) is 72.4 Å². The Morgan fingerprint density at radius 3 is 2.35 bits per heavy atom. The minimum Gasteiger partial charge on any atom is -0.497 e. The first-order valence-corrected chi connectivity index (χ1v) is 15.4. The molecule has 3 heterocycles. The number of methoxy groups -OCH3 is 1. The second-order valence-corrected chi connectivity index (χ2v) is 11.5. The van der Waals surface area contributed by atoms with E-state index in [4.69, 9.17) is 9.15 Å². The fraction of sp³-hybridized carbons (Fsp3) is 0.273. The molecule has 9 nitrogen and oxygen atoms in total. The van der Waals surface area contributed by atoms with Gasteiger partial charge in [-0.3, -0.25) is 14.3 Å². The molecule has 43 heavy (non-hydrogen) atoms. The first-order chi connectivity index (χ1) is 21.1. The molecule has 1 N–H and O–H groups in total. The van der Waals surface area contributed by atoms with Crippen molar-refractivity contribution in [1.29, 1.82) is 0 Å². The van der Waals surface area contributed by atoms with Gasteiger partial charge in [0.05, 0.1) is 12.9 Å². The number of likely N-dealkylation sites (tertiary alicyclic amines) is 1. The number of ether oxygens (including phenoxy) is 1. The number of piperidine rings is 1. The van der Waals surface area contributed by atoms with Crippen molar-refractivity contribution in [3.05, 3.63) is 120 Å². The number of thioether (sulfide) groups is 1. The monoisotopic (exact) mass is 594 g/mol. The fourth-order valence-electron chi connectivity index (χ4n) is 5.22. The first kappa shape index (κ1) is 28.7. The molecule has 2 aromatic heterocycles. The maximum atomic E-state index is 13.0. The largest absolute Gasteiger partial charge is 0.497 e. The van der Waals surface area contributed by atoms with E-state index in [9.17, 15) is 4.79 Å². The lowest BCUT2D eigenvalue weighted by Crippen LogP contribution is -2.44. The molecule has 10 heteroatoms. The number of oxazole rings is 1. The Labute approximate surface area is 255 Å². The highest BCUT2D eigenvalue weighted by molar-refractivity contribution is 7.98. The summed E-state index contributed by atoms with van der Waals surface area (Å²) in [5.74, 6) is 2.26. The standard InChI is InChI=1S/C33H34N6O3S/c1-41-28-14-12-27(13-15-28)39-30(20-24-8-4-2-5-9-24)36-37-33(39)43-23-31-35-29(22-42-31)32(40)34-26-16-18-38(19-17-26)21-25-10-6-3-7-11-25/h2-15,22,26H,16-21,23H2,1H3,(H,34,40). The molecular weight excluding hydrogens is 560 g/mol. The van der Waals surface area contributed by atoms with Crippen LogP contribution in [0.2, 0.25) is 0 Å². The molecule has 0 aliphatic carbocycles.